The van der Waals surface area contributed by atoms with Crippen LogP contribution in [0.15, 0.2) is 30.3 Å². The lowest BCUT2D eigenvalue weighted by atomic mass is 9.86. The predicted octanol–water partition coefficient (Wildman–Crippen LogP) is 4.22. The Morgan fingerprint density at radius 2 is 1.89 bits per heavy atom. The van der Waals surface area contributed by atoms with Crippen molar-refractivity contribution in [3.05, 3.63) is 52.6 Å². The quantitative estimate of drug-likeness (QED) is 0.835. The minimum absolute atomic E-state index is 0.0354. The lowest BCUT2D eigenvalue weighted by Gasteiger charge is -2.23. The molecule has 0 radical (unpaired) electrons. The van der Waals surface area contributed by atoms with Crippen LogP contribution in [0.1, 0.15) is 43.0 Å². The SMILES string of the molecule is CC(C)(C)c1ccccc1NC(=O)NCCc1c2c(cc3c1OCC3)OCC2. The molecule has 0 aliphatic carbocycles. The minimum Gasteiger partial charge on any atom is -0.493 e. The molecule has 0 atom stereocenters. The number of anilines is 1. The van der Waals surface area contributed by atoms with Gasteiger partial charge in [-0.1, -0.05) is 39.0 Å². The van der Waals surface area contributed by atoms with E-state index in [-0.39, 0.29) is 11.4 Å². The monoisotopic (exact) mass is 380 g/mol. The van der Waals surface area contributed by atoms with Crippen LogP contribution >= 0.6 is 0 Å². The van der Waals surface area contributed by atoms with Crippen molar-refractivity contribution < 1.29 is 14.3 Å². The van der Waals surface area contributed by atoms with Crippen molar-refractivity contribution in [2.24, 2.45) is 0 Å². The summed E-state index contributed by atoms with van der Waals surface area (Å²) in [5.41, 5.74) is 5.59. The molecular formula is C23H28N2O3. The Balaban J connectivity index is 1.42. The normalized spacial score (nSPS) is 14.7. The Kier molecular flexibility index (Phi) is 4.92. The summed E-state index contributed by atoms with van der Waals surface area (Å²) < 4.78 is 11.6. The zero-order chi connectivity index (χ0) is 19.7. The molecule has 0 saturated heterocycles. The summed E-state index contributed by atoms with van der Waals surface area (Å²) in [6.45, 7) is 8.43. The number of carbonyl (C=O) groups excluding carboxylic acids is 1. The molecule has 5 nitrogen and oxygen atoms in total. The molecule has 2 N–H and O–H groups in total. The van der Waals surface area contributed by atoms with E-state index in [2.05, 4.69) is 43.5 Å². The molecule has 2 aliphatic heterocycles. The summed E-state index contributed by atoms with van der Waals surface area (Å²) in [5, 5.41) is 6.00. The molecule has 148 valence electrons. The van der Waals surface area contributed by atoms with Crippen LogP contribution < -0.4 is 20.1 Å². The third-order valence-corrected chi connectivity index (χ3v) is 5.40. The molecule has 2 aromatic carbocycles. The Labute approximate surface area is 166 Å². The number of benzene rings is 2. The highest BCUT2D eigenvalue weighted by Crippen LogP contribution is 2.40. The van der Waals surface area contributed by atoms with Crippen LogP contribution in [0.5, 0.6) is 11.5 Å². The van der Waals surface area contributed by atoms with E-state index in [9.17, 15) is 4.79 Å². The van der Waals surface area contributed by atoms with E-state index in [4.69, 9.17) is 9.47 Å². The largest absolute Gasteiger partial charge is 0.493 e. The highest BCUT2D eigenvalue weighted by molar-refractivity contribution is 5.90. The fourth-order valence-corrected chi connectivity index (χ4v) is 4.06. The van der Waals surface area contributed by atoms with Gasteiger partial charge in [0.05, 0.1) is 13.2 Å². The van der Waals surface area contributed by atoms with Crippen molar-refractivity contribution in [2.45, 2.75) is 45.4 Å². The second-order valence-electron chi connectivity index (χ2n) is 8.44. The molecule has 0 fully saturated rings. The fourth-order valence-electron chi connectivity index (χ4n) is 4.06. The predicted molar refractivity (Wildman–Crippen MR) is 111 cm³/mol. The highest BCUT2D eigenvalue weighted by Gasteiger charge is 2.26. The standard InChI is InChI=1S/C23H28N2O3/c1-23(2,3)18-6-4-5-7-19(18)25-22(26)24-11-8-17-16-10-13-27-20(16)14-15-9-12-28-21(15)17/h4-7,14H,8-13H2,1-3H3,(H2,24,25,26). The van der Waals surface area contributed by atoms with Gasteiger partial charge in [0.1, 0.15) is 11.5 Å². The van der Waals surface area contributed by atoms with Crippen LogP contribution in [0.4, 0.5) is 10.5 Å². The first-order valence-electron chi connectivity index (χ1n) is 10.0. The summed E-state index contributed by atoms with van der Waals surface area (Å²) >= 11 is 0. The van der Waals surface area contributed by atoms with Crippen molar-refractivity contribution >= 4 is 11.7 Å². The number of urea groups is 1. The maximum atomic E-state index is 12.5. The Hall–Kier alpha value is -2.69. The number of hydrogen-bond donors (Lipinski definition) is 2. The Morgan fingerprint density at radius 3 is 2.71 bits per heavy atom. The Bertz CT molecular complexity index is 867. The molecule has 28 heavy (non-hydrogen) atoms. The minimum atomic E-state index is -0.182. The lowest BCUT2D eigenvalue weighted by Crippen LogP contribution is -2.31. The summed E-state index contributed by atoms with van der Waals surface area (Å²) in [7, 11) is 0. The third-order valence-electron chi connectivity index (χ3n) is 5.40. The van der Waals surface area contributed by atoms with E-state index < -0.39 is 0 Å². The molecule has 2 aliphatic rings. The van der Waals surface area contributed by atoms with E-state index in [0.717, 1.165) is 55.2 Å². The molecule has 0 saturated carbocycles. The van der Waals surface area contributed by atoms with Crippen LogP contribution in [0.2, 0.25) is 0 Å². The first-order chi connectivity index (χ1) is 13.4. The van der Waals surface area contributed by atoms with Gasteiger partial charge in [-0.05, 0) is 29.5 Å². The van der Waals surface area contributed by atoms with Crippen molar-refractivity contribution in [1.82, 2.24) is 5.32 Å². The van der Waals surface area contributed by atoms with Crippen molar-refractivity contribution in [2.75, 3.05) is 25.1 Å². The van der Waals surface area contributed by atoms with E-state index >= 15 is 0 Å². The maximum Gasteiger partial charge on any atom is 0.319 e. The van der Waals surface area contributed by atoms with Gasteiger partial charge in [-0.3, -0.25) is 0 Å². The van der Waals surface area contributed by atoms with E-state index in [1.54, 1.807) is 0 Å². The van der Waals surface area contributed by atoms with Gasteiger partial charge in [0, 0.05) is 41.8 Å². The molecule has 2 aromatic rings. The number of ether oxygens (including phenoxy) is 2. The van der Waals surface area contributed by atoms with Gasteiger partial charge in [0.25, 0.3) is 0 Å². The Morgan fingerprint density at radius 1 is 1.11 bits per heavy atom. The summed E-state index contributed by atoms with van der Waals surface area (Å²) in [6, 6.07) is 9.89. The van der Waals surface area contributed by atoms with Gasteiger partial charge in [-0.25, -0.2) is 4.79 Å². The summed E-state index contributed by atoms with van der Waals surface area (Å²) in [4.78, 5) is 12.5. The van der Waals surface area contributed by atoms with Gasteiger partial charge in [0.2, 0.25) is 0 Å². The smallest absolute Gasteiger partial charge is 0.319 e. The number of rotatable bonds is 4. The average Bonchev–Trinajstić information content (AvgIpc) is 3.29. The molecule has 0 spiro atoms. The first kappa shape index (κ1) is 18.7. The van der Waals surface area contributed by atoms with Gasteiger partial charge in [0.15, 0.2) is 0 Å². The van der Waals surface area contributed by atoms with Crippen molar-refractivity contribution in [3.8, 4) is 11.5 Å². The number of hydrogen-bond acceptors (Lipinski definition) is 3. The lowest BCUT2D eigenvalue weighted by molar-refractivity contribution is 0.252. The molecule has 5 heteroatoms. The summed E-state index contributed by atoms with van der Waals surface area (Å²) in [6.07, 6.45) is 2.58. The molecule has 4 rings (SSSR count). The fraction of sp³-hybridized carbons (Fsp3) is 0.435. The highest BCUT2D eigenvalue weighted by atomic mass is 16.5. The van der Waals surface area contributed by atoms with Crippen LogP contribution in [-0.4, -0.2) is 25.8 Å². The van der Waals surface area contributed by atoms with Crippen LogP contribution in [0.3, 0.4) is 0 Å². The number of fused-ring (bicyclic) bond motifs is 2. The number of carbonyl (C=O) groups is 1. The van der Waals surface area contributed by atoms with Gasteiger partial charge >= 0.3 is 6.03 Å². The van der Waals surface area contributed by atoms with E-state index in [1.165, 1.54) is 16.7 Å². The zero-order valence-corrected chi connectivity index (χ0v) is 16.9. The topological polar surface area (TPSA) is 59.6 Å². The van der Waals surface area contributed by atoms with Crippen LogP contribution in [0, 0.1) is 0 Å². The van der Waals surface area contributed by atoms with E-state index in [0.29, 0.717) is 6.54 Å². The van der Waals surface area contributed by atoms with Gasteiger partial charge in [-0.2, -0.15) is 0 Å². The number of amides is 2. The molecule has 0 unspecified atom stereocenters. The third kappa shape index (κ3) is 3.66. The van der Waals surface area contributed by atoms with Gasteiger partial charge < -0.3 is 20.1 Å². The van der Waals surface area contributed by atoms with Crippen molar-refractivity contribution in [1.29, 1.82) is 0 Å². The van der Waals surface area contributed by atoms with E-state index in [1.807, 2.05) is 18.2 Å². The molecule has 0 bridgehead atoms. The number of para-hydroxylation sites is 1. The molecule has 2 heterocycles. The molecule has 0 aromatic heterocycles. The average molecular weight is 380 g/mol. The van der Waals surface area contributed by atoms with Crippen LogP contribution in [-0.2, 0) is 24.7 Å². The summed E-state index contributed by atoms with van der Waals surface area (Å²) in [5.74, 6) is 1.99. The molecule has 2 amide bonds. The molecular weight excluding hydrogens is 352 g/mol. The van der Waals surface area contributed by atoms with Crippen LogP contribution in [0.25, 0.3) is 0 Å². The van der Waals surface area contributed by atoms with Crippen molar-refractivity contribution in [3.63, 3.8) is 0 Å². The van der Waals surface area contributed by atoms with Gasteiger partial charge in [-0.15, -0.1) is 0 Å². The number of nitrogens with one attached hydrogen (secondary N) is 2. The zero-order valence-electron chi connectivity index (χ0n) is 16.9. The second kappa shape index (κ2) is 7.38. The second-order valence-corrected chi connectivity index (χ2v) is 8.44. The maximum absolute atomic E-state index is 12.5. The first-order valence-corrected chi connectivity index (χ1v) is 10.0.